The molecule has 3 aliphatic carbocycles. The van der Waals surface area contributed by atoms with Gasteiger partial charge in [0.25, 0.3) is 5.91 Å². The van der Waals surface area contributed by atoms with Gasteiger partial charge < -0.3 is 10.7 Å². The van der Waals surface area contributed by atoms with Crippen LogP contribution in [0.3, 0.4) is 0 Å². The summed E-state index contributed by atoms with van der Waals surface area (Å²) in [5.74, 6) is 0.107. The number of nitrogens with one attached hydrogen (secondary N) is 1. The molecule has 0 spiro atoms. The molecule has 136 valence electrons. The van der Waals surface area contributed by atoms with Gasteiger partial charge in [0.1, 0.15) is 5.69 Å². The van der Waals surface area contributed by atoms with Crippen LogP contribution in [-0.4, -0.2) is 20.9 Å². The lowest BCUT2D eigenvalue weighted by atomic mass is 9.43. The zero-order chi connectivity index (χ0) is 18.9. The van der Waals surface area contributed by atoms with Gasteiger partial charge in [-0.15, -0.1) is 0 Å². The van der Waals surface area contributed by atoms with Gasteiger partial charge in [0, 0.05) is 28.9 Å². The number of nitrogens with zero attached hydrogens (tertiary/aromatic N) is 2. The molecule has 3 aromatic heterocycles. The van der Waals surface area contributed by atoms with Crippen molar-refractivity contribution >= 4 is 28.4 Å². The van der Waals surface area contributed by atoms with E-state index < -0.39 is 5.91 Å². The molecule has 6 nitrogen and oxygen atoms in total. The highest BCUT2D eigenvalue weighted by atomic mass is 35.5. The Kier molecular flexibility index (Phi) is 3.28. The number of hydrogen-bond donors (Lipinski definition) is 2. The lowest BCUT2D eigenvalue weighted by Crippen LogP contribution is -2.55. The van der Waals surface area contributed by atoms with Crippen LogP contribution < -0.4 is 11.2 Å². The monoisotopic (exact) mass is 380 g/mol. The summed E-state index contributed by atoms with van der Waals surface area (Å²) in [6.45, 7) is 1.92. The molecule has 3 aromatic rings. The highest BCUT2D eigenvalue weighted by molar-refractivity contribution is 6.31. The molecular weight excluding hydrogens is 364 g/mol. The van der Waals surface area contributed by atoms with Gasteiger partial charge in [-0.05, 0) is 44.2 Å². The number of fused-ring (bicyclic) bond motifs is 1. The number of pyridine rings is 3. The first-order valence-corrected chi connectivity index (χ1v) is 9.26. The van der Waals surface area contributed by atoms with Crippen molar-refractivity contribution in [3.05, 3.63) is 56.7 Å². The molecule has 3 saturated carbocycles. The normalized spacial score (nSPS) is 23.0. The lowest BCUT2D eigenvalue weighted by molar-refractivity contribution is -0.0308. The van der Waals surface area contributed by atoms with E-state index in [2.05, 4.69) is 9.97 Å². The second-order valence-corrected chi connectivity index (χ2v) is 8.11. The zero-order valence-electron chi connectivity index (χ0n) is 14.7. The highest BCUT2D eigenvalue weighted by Crippen LogP contribution is 2.65. The Morgan fingerprint density at radius 2 is 2.07 bits per heavy atom. The average Bonchev–Trinajstić information content (AvgIpc) is 2.54. The summed E-state index contributed by atoms with van der Waals surface area (Å²) in [5.41, 5.74) is 8.83. The standard InChI is InChI=1S/C20H17ClN4O2/c1-9-11(4-12(21)18(24-9)20-6-10(7-20)8-20)14-5-15(26)16-13(25-14)2-3-23-17(16)19(22)27/h2-5,10H,6-8H2,1H3,(H2,22,27)(H,25,26). The van der Waals surface area contributed by atoms with E-state index in [0.717, 1.165) is 22.9 Å². The fraction of sp³-hybridized carbons (Fsp3) is 0.300. The molecular formula is C20H17ClN4O2. The number of primary amides is 1. The fourth-order valence-corrected chi connectivity index (χ4v) is 4.88. The Bertz CT molecular complexity index is 1180. The van der Waals surface area contributed by atoms with Crippen LogP contribution in [-0.2, 0) is 5.41 Å². The number of carbonyl (C=O) groups is 1. The van der Waals surface area contributed by atoms with Gasteiger partial charge in [-0.3, -0.25) is 19.6 Å². The van der Waals surface area contributed by atoms with E-state index in [-0.39, 0.29) is 21.9 Å². The van der Waals surface area contributed by atoms with Gasteiger partial charge in [0.2, 0.25) is 0 Å². The first kappa shape index (κ1) is 16.4. The van der Waals surface area contributed by atoms with Gasteiger partial charge in [0.05, 0.1) is 27.3 Å². The summed E-state index contributed by atoms with van der Waals surface area (Å²) in [4.78, 5) is 36.2. The van der Waals surface area contributed by atoms with Gasteiger partial charge in [-0.2, -0.15) is 0 Å². The minimum Gasteiger partial charge on any atom is -0.364 e. The van der Waals surface area contributed by atoms with Crippen LogP contribution in [0.25, 0.3) is 22.2 Å². The first-order valence-electron chi connectivity index (χ1n) is 8.88. The van der Waals surface area contributed by atoms with E-state index in [9.17, 15) is 9.59 Å². The predicted molar refractivity (Wildman–Crippen MR) is 103 cm³/mol. The summed E-state index contributed by atoms with van der Waals surface area (Å²) >= 11 is 6.57. The molecule has 3 fully saturated rings. The van der Waals surface area contributed by atoms with Crippen molar-refractivity contribution in [1.82, 2.24) is 15.0 Å². The number of aromatic nitrogens is 3. The van der Waals surface area contributed by atoms with Crippen molar-refractivity contribution in [2.45, 2.75) is 31.6 Å². The minimum absolute atomic E-state index is 0.0350. The third-order valence-electron chi connectivity index (χ3n) is 5.97. The van der Waals surface area contributed by atoms with Crippen LogP contribution in [0, 0.1) is 12.8 Å². The molecule has 7 heteroatoms. The Morgan fingerprint density at radius 1 is 1.33 bits per heavy atom. The summed E-state index contributed by atoms with van der Waals surface area (Å²) in [5, 5.41) is 0.832. The summed E-state index contributed by atoms with van der Waals surface area (Å²) in [6, 6.07) is 4.97. The van der Waals surface area contributed by atoms with Crippen LogP contribution in [0.15, 0.2) is 29.2 Å². The second kappa shape index (κ2) is 5.39. The van der Waals surface area contributed by atoms with E-state index >= 15 is 0 Å². The van der Waals surface area contributed by atoms with Crippen molar-refractivity contribution in [2.75, 3.05) is 0 Å². The number of aryl methyl sites for hydroxylation is 1. The van der Waals surface area contributed by atoms with Gasteiger partial charge in [-0.1, -0.05) is 11.6 Å². The lowest BCUT2D eigenvalue weighted by Gasteiger charge is -2.61. The maximum atomic E-state index is 12.7. The van der Waals surface area contributed by atoms with Crippen molar-refractivity contribution in [3.63, 3.8) is 0 Å². The predicted octanol–water partition coefficient (Wildman–Crippen LogP) is 3.10. The Hall–Kier alpha value is -2.73. The number of carbonyl (C=O) groups excluding carboxylic acids is 1. The zero-order valence-corrected chi connectivity index (χ0v) is 15.4. The van der Waals surface area contributed by atoms with Crippen molar-refractivity contribution in [3.8, 4) is 11.3 Å². The molecule has 3 aliphatic rings. The first-order chi connectivity index (χ1) is 12.9. The van der Waals surface area contributed by atoms with Crippen molar-refractivity contribution in [2.24, 2.45) is 11.7 Å². The highest BCUT2D eigenvalue weighted by Gasteiger charge is 2.59. The third kappa shape index (κ3) is 2.26. The van der Waals surface area contributed by atoms with Gasteiger partial charge >= 0.3 is 0 Å². The van der Waals surface area contributed by atoms with Crippen LogP contribution in [0.1, 0.15) is 41.1 Å². The number of nitrogens with two attached hydrogens (primary N) is 1. The molecule has 3 heterocycles. The minimum atomic E-state index is -0.734. The second-order valence-electron chi connectivity index (χ2n) is 7.70. The molecule has 0 saturated heterocycles. The number of amides is 1. The van der Waals surface area contributed by atoms with E-state index in [4.69, 9.17) is 22.3 Å². The van der Waals surface area contributed by atoms with E-state index in [1.54, 1.807) is 6.07 Å². The Balaban J connectivity index is 1.67. The average molecular weight is 381 g/mol. The molecule has 1 amide bonds. The largest absolute Gasteiger partial charge is 0.364 e. The van der Waals surface area contributed by atoms with Gasteiger partial charge in [0.15, 0.2) is 5.43 Å². The summed E-state index contributed by atoms with van der Waals surface area (Å²) < 4.78 is 0. The molecule has 27 heavy (non-hydrogen) atoms. The molecule has 0 aliphatic heterocycles. The number of H-pyrrole nitrogens is 1. The third-order valence-corrected chi connectivity index (χ3v) is 6.26. The number of rotatable bonds is 3. The van der Waals surface area contributed by atoms with Crippen LogP contribution in [0.5, 0.6) is 0 Å². The topological polar surface area (TPSA) is 102 Å². The number of hydrogen-bond acceptors (Lipinski definition) is 4. The van der Waals surface area contributed by atoms with Crippen molar-refractivity contribution in [1.29, 1.82) is 0 Å². The van der Waals surface area contributed by atoms with Crippen molar-refractivity contribution < 1.29 is 4.79 Å². The molecule has 0 radical (unpaired) electrons. The molecule has 3 N–H and O–H groups in total. The maximum absolute atomic E-state index is 12.7. The number of aromatic amines is 1. The van der Waals surface area contributed by atoms with E-state index in [1.807, 2.05) is 13.0 Å². The molecule has 0 atom stereocenters. The molecule has 0 unspecified atom stereocenters. The Labute approximate surface area is 159 Å². The summed E-state index contributed by atoms with van der Waals surface area (Å²) in [7, 11) is 0. The number of halogens is 1. The Morgan fingerprint density at radius 3 is 2.70 bits per heavy atom. The van der Waals surface area contributed by atoms with E-state index in [0.29, 0.717) is 16.2 Å². The molecule has 6 rings (SSSR count). The van der Waals surface area contributed by atoms with Crippen LogP contribution in [0.4, 0.5) is 0 Å². The van der Waals surface area contributed by atoms with Gasteiger partial charge in [-0.25, -0.2) is 0 Å². The maximum Gasteiger partial charge on any atom is 0.268 e. The SMILES string of the molecule is Cc1nc(C23CC(C2)C3)c(Cl)cc1-c1cc(=O)c2c(C(N)=O)nccc2[nH]1. The fourth-order valence-electron chi connectivity index (χ4n) is 4.53. The van der Waals surface area contributed by atoms with E-state index in [1.165, 1.54) is 31.5 Å². The van der Waals surface area contributed by atoms with Crippen LogP contribution >= 0.6 is 11.6 Å². The quantitative estimate of drug-likeness (QED) is 0.728. The molecule has 2 bridgehead atoms. The molecule has 0 aromatic carbocycles. The smallest absolute Gasteiger partial charge is 0.268 e. The summed E-state index contributed by atoms with van der Waals surface area (Å²) in [6.07, 6.45) is 4.97. The van der Waals surface area contributed by atoms with Crippen LogP contribution in [0.2, 0.25) is 5.02 Å².